The largest absolute Gasteiger partial charge is 0.208 e. The van der Waals surface area contributed by atoms with Gasteiger partial charge in [0.05, 0.1) is 0 Å². The van der Waals surface area contributed by atoms with Crippen LogP contribution in [0.15, 0.2) is 224 Å². The van der Waals surface area contributed by atoms with E-state index in [0.29, 0.717) is 17.5 Å². The normalized spacial score (nSPS) is 11.9. The Balaban J connectivity index is 0.860. The molecule has 0 amide bonds. The number of rotatable bonds is 6. The number of benzene rings is 11. The van der Waals surface area contributed by atoms with Crippen LogP contribution in [0.1, 0.15) is 0 Å². The van der Waals surface area contributed by atoms with E-state index < -0.39 is 0 Å². The number of fused-ring (bicyclic) bond motifs is 3. The van der Waals surface area contributed by atoms with Crippen molar-refractivity contribution in [3.63, 3.8) is 0 Å². The van der Waals surface area contributed by atoms with Crippen molar-refractivity contribution in [3.05, 3.63) is 224 Å². The van der Waals surface area contributed by atoms with E-state index in [-0.39, 0.29) is 0 Å². The molecular formula is C63H37N3S. The van der Waals surface area contributed by atoms with Crippen molar-refractivity contribution in [3.8, 4) is 66.9 Å². The first-order chi connectivity index (χ1) is 33.2. The van der Waals surface area contributed by atoms with Crippen molar-refractivity contribution in [2.75, 3.05) is 0 Å². The van der Waals surface area contributed by atoms with E-state index in [2.05, 4.69) is 206 Å². The average Bonchev–Trinajstić information content (AvgIpc) is 3.84. The zero-order chi connectivity index (χ0) is 44.0. The molecule has 14 aromatic rings. The number of hydrogen-bond acceptors (Lipinski definition) is 4. The summed E-state index contributed by atoms with van der Waals surface area (Å²) in [7, 11) is 0. The summed E-state index contributed by atoms with van der Waals surface area (Å²) in [4.78, 5) is 16.5. The summed E-state index contributed by atoms with van der Waals surface area (Å²) in [6, 6.07) is 81.4. The van der Waals surface area contributed by atoms with Gasteiger partial charge in [0.2, 0.25) is 0 Å². The van der Waals surface area contributed by atoms with Crippen LogP contribution in [0.5, 0.6) is 0 Å². The summed E-state index contributed by atoms with van der Waals surface area (Å²) in [6.07, 6.45) is 0. The maximum Gasteiger partial charge on any atom is 0.164 e. The second-order valence-corrected chi connectivity index (χ2v) is 18.6. The fraction of sp³-hybridized carbons (Fsp3) is 0. The molecule has 0 aliphatic heterocycles. The first-order valence-electron chi connectivity index (χ1n) is 22.7. The van der Waals surface area contributed by atoms with Crippen molar-refractivity contribution >= 4 is 86.1 Å². The molecule has 310 valence electrons. The monoisotopic (exact) mass is 867 g/mol. The topological polar surface area (TPSA) is 38.7 Å². The van der Waals surface area contributed by atoms with Gasteiger partial charge >= 0.3 is 0 Å². The molecule has 4 heteroatoms. The fourth-order valence-electron chi connectivity index (χ4n) is 10.4. The highest BCUT2D eigenvalue weighted by molar-refractivity contribution is 7.22. The van der Waals surface area contributed by atoms with Crippen LogP contribution in [0.3, 0.4) is 0 Å². The maximum absolute atomic E-state index is 5.12. The fourth-order valence-corrected chi connectivity index (χ4v) is 11.5. The van der Waals surface area contributed by atoms with Gasteiger partial charge in [-0.05, 0) is 128 Å². The highest BCUT2D eigenvalue weighted by Gasteiger charge is 2.18. The van der Waals surface area contributed by atoms with Crippen LogP contribution in [-0.4, -0.2) is 15.0 Å². The van der Waals surface area contributed by atoms with Gasteiger partial charge in [0.25, 0.3) is 0 Å². The first kappa shape index (κ1) is 37.8. The van der Waals surface area contributed by atoms with Crippen LogP contribution in [0, 0.1) is 0 Å². The highest BCUT2D eigenvalue weighted by Crippen LogP contribution is 2.45. The predicted octanol–water partition coefficient (Wildman–Crippen LogP) is 17.4. The van der Waals surface area contributed by atoms with Gasteiger partial charge in [-0.15, -0.1) is 11.3 Å². The van der Waals surface area contributed by atoms with E-state index >= 15 is 0 Å². The second kappa shape index (κ2) is 15.0. The van der Waals surface area contributed by atoms with Crippen LogP contribution in [-0.2, 0) is 0 Å². The number of hydrogen-bond donors (Lipinski definition) is 0. The van der Waals surface area contributed by atoms with Crippen molar-refractivity contribution < 1.29 is 0 Å². The minimum absolute atomic E-state index is 0.636. The quantitative estimate of drug-likeness (QED) is 0.156. The Bertz CT molecular complexity index is 4210. The third-order valence-corrected chi connectivity index (χ3v) is 14.8. The van der Waals surface area contributed by atoms with Gasteiger partial charge in [-0.3, -0.25) is 0 Å². The second-order valence-electron chi connectivity index (χ2n) is 17.5. The first-order valence-corrected chi connectivity index (χ1v) is 23.6. The lowest BCUT2D eigenvalue weighted by molar-refractivity contribution is 1.07. The smallest absolute Gasteiger partial charge is 0.164 e. The molecule has 0 aliphatic carbocycles. The number of nitrogens with zero attached hydrogens (tertiary/aromatic N) is 3. The minimum atomic E-state index is 0.636. The van der Waals surface area contributed by atoms with Crippen molar-refractivity contribution in [1.29, 1.82) is 0 Å². The molecule has 3 nitrogen and oxygen atoms in total. The van der Waals surface area contributed by atoms with E-state index in [1.165, 1.54) is 96.3 Å². The standard InChI is InChI=1S/C63H37N3S/c1-2-10-44(11-3-1)61-64-62(45-31-26-40(27-32-45)56-37-47-12-4-5-21-55(47)67-56)66-63(65-61)49-17-6-16-46(34-49)38-22-24-39(25-23-38)50-35-48-33-30-43-14-8-19-52-51-18-7-13-41-28-29-42-15-9-20-53(59(42)57(41)51)54(36-50)60(48)58(43)52/h1-37H. The Morgan fingerprint density at radius 2 is 0.687 bits per heavy atom. The predicted molar refractivity (Wildman–Crippen MR) is 284 cm³/mol. The Morgan fingerprint density at radius 1 is 0.239 bits per heavy atom. The molecule has 2 aromatic heterocycles. The Labute approximate surface area is 390 Å². The van der Waals surface area contributed by atoms with Crippen molar-refractivity contribution in [1.82, 2.24) is 15.0 Å². The minimum Gasteiger partial charge on any atom is -0.208 e. The highest BCUT2D eigenvalue weighted by atomic mass is 32.1. The molecular weight excluding hydrogens is 831 g/mol. The molecule has 0 bridgehead atoms. The average molecular weight is 868 g/mol. The third kappa shape index (κ3) is 6.22. The van der Waals surface area contributed by atoms with Gasteiger partial charge in [-0.1, -0.05) is 194 Å². The summed E-state index contributed by atoms with van der Waals surface area (Å²) < 4.78 is 1.29. The van der Waals surface area contributed by atoms with Crippen LogP contribution in [0.25, 0.3) is 142 Å². The molecule has 0 atom stereocenters. The van der Waals surface area contributed by atoms with Gasteiger partial charge < -0.3 is 0 Å². The Hall–Kier alpha value is -8.57. The summed E-state index contributed by atoms with van der Waals surface area (Å²) in [5.74, 6) is 1.92. The summed E-state index contributed by atoms with van der Waals surface area (Å²) in [5.41, 5.74) is 8.59. The van der Waals surface area contributed by atoms with Crippen molar-refractivity contribution in [2.45, 2.75) is 0 Å². The zero-order valence-electron chi connectivity index (χ0n) is 36.1. The van der Waals surface area contributed by atoms with Gasteiger partial charge in [-0.2, -0.15) is 0 Å². The van der Waals surface area contributed by atoms with Crippen LogP contribution >= 0.6 is 11.3 Å². The summed E-state index contributed by atoms with van der Waals surface area (Å²) in [5, 5.41) is 16.7. The van der Waals surface area contributed by atoms with E-state index in [4.69, 9.17) is 15.0 Å². The number of aromatic nitrogens is 3. The molecule has 14 rings (SSSR count). The lowest BCUT2D eigenvalue weighted by Gasteiger charge is -2.17. The zero-order valence-corrected chi connectivity index (χ0v) is 36.9. The summed E-state index contributed by atoms with van der Waals surface area (Å²) in [6.45, 7) is 0. The molecule has 67 heavy (non-hydrogen) atoms. The van der Waals surface area contributed by atoms with Crippen LogP contribution in [0.4, 0.5) is 0 Å². The molecule has 0 aliphatic rings. The molecule has 12 aromatic carbocycles. The van der Waals surface area contributed by atoms with Crippen LogP contribution < -0.4 is 0 Å². The molecule has 0 saturated heterocycles. The Kier molecular flexibility index (Phi) is 8.45. The molecule has 0 fully saturated rings. The van der Waals surface area contributed by atoms with Crippen molar-refractivity contribution in [2.24, 2.45) is 0 Å². The summed E-state index contributed by atoms with van der Waals surface area (Å²) >= 11 is 1.81. The van der Waals surface area contributed by atoms with E-state index in [0.717, 1.165) is 27.8 Å². The molecule has 0 radical (unpaired) electrons. The molecule has 0 spiro atoms. The molecule has 0 unspecified atom stereocenters. The third-order valence-electron chi connectivity index (χ3n) is 13.6. The molecule has 2 heterocycles. The SMILES string of the molecule is c1ccc(-c2nc(-c3ccc(-c4cc5ccccc5s4)cc3)nc(-c3cccc(-c4ccc(-c5cc6ccc7cccc8c9cccc%10ccc%11cccc(c(c5)c6c78)c%11c%109)cc4)c3)n2)cc1. The Morgan fingerprint density at radius 3 is 1.33 bits per heavy atom. The maximum atomic E-state index is 5.12. The van der Waals surface area contributed by atoms with E-state index in [1.807, 2.05) is 29.5 Å². The van der Waals surface area contributed by atoms with E-state index in [1.54, 1.807) is 0 Å². The van der Waals surface area contributed by atoms with E-state index in [9.17, 15) is 0 Å². The molecule has 0 N–H and O–H groups in total. The van der Waals surface area contributed by atoms with Crippen LogP contribution in [0.2, 0.25) is 0 Å². The van der Waals surface area contributed by atoms with Gasteiger partial charge in [0.15, 0.2) is 17.5 Å². The van der Waals surface area contributed by atoms with Gasteiger partial charge in [0, 0.05) is 26.3 Å². The molecule has 0 saturated carbocycles. The van der Waals surface area contributed by atoms with Gasteiger partial charge in [-0.25, -0.2) is 15.0 Å². The van der Waals surface area contributed by atoms with Gasteiger partial charge in [0.1, 0.15) is 0 Å². The lowest BCUT2D eigenvalue weighted by Crippen LogP contribution is -2.00. The lowest BCUT2D eigenvalue weighted by atomic mass is 9.86. The number of thiophene rings is 1.